The molecule has 0 aliphatic carbocycles. The number of amidine groups is 1. The molecule has 3 aliphatic rings. The summed E-state index contributed by atoms with van der Waals surface area (Å²) in [6, 6.07) is 5.87. The van der Waals surface area contributed by atoms with E-state index < -0.39 is 0 Å². The minimum atomic E-state index is -0.300. The van der Waals surface area contributed by atoms with Crippen molar-refractivity contribution >= 4 is 23.1 Å². The number of nitrogens with zero attached hydrogens (tertiary/aromatic N) is 4. The van der Waals surface area contributed by atoms with Crippen LogP contribution in [0.4, 0.5) is 11.4 Å². The maximum atomic E-state index is 12.0. The standard InChI is InChI=1S/C17H23N5O2/c1-11-16(23)19-18-15-8-24-14-6-5-12(7-13(14)22(11)15)21(4)17(2)9-20(3)10-17/h5-7,11H,8-10H2,1-4H3,(H,19,23)/t11-/m1/s1. The molecule has 0 saturated carbocycles. The van der Waals surface area contributed by atoms with Crippen LogP contribution in [0.3, 0.4) is 0 Å². The number of hydrogen-bond donors (Lipinski definition) is 1. The van der Waals surface area contributed by atoms with Crippen LogP contribution in [-0.2, 0) is 4.79 Å². The lowest BCUT2D eigenvalue weighted by molar-refractivity contribution is -0.122. The molecular weight excluding hydrogens is 306 g/mol. The quantitative estimate of drug-likeness (QED) is 0.872. The summed E-state index contributed by atoms with van der Waals surface area (Å²) in [7, 11) is 4.26. The van der Waals surface area contributed by atoms with Crippen LogP contribution >= 0.6 is 0 Å². The Balaban J connectivity index is 1.71. The number of anilines is 2. The number of amides is 1. The number of carbonyl (C=O) groups is 1. The Labute approximate surface area is 141 Å². The number of hydrazone groups is 1. The predicted molar refractivity (Wildman–Crippen MR) is 93.8 cm³/mol. The van der Waals surface area contributed by atoms with Crippen molar-refractivity contribution in [1.82, 2.24) is 10.3 Å². The van der Waals surface area contributed by atoms with Gasteiger partial charge in [-0.05, 0) is 39.1 Å². The smallest absolute Gasteiger partial charge is 0.262 e. The molecule has 1 fully saturated rings. The molecule has 1 amide bonds. The first-order chi connectivity index (χ1) is 11.4. The van der Waals surface area contributed by atoms with E-state index in [0.717, 1.165) is 36.0 Å². The first-order valence-corrected chi connectivity index (χ1v) is 8.24. The summed E-state index contributed by atoms with van der Waals surface area (Å²) >= 11 is 0. The van der Waals surface area contributed by atoms with Gasteiger partial charge in [0.05, 0.1) is 11.2 Å². The van der Waals surface area contributed by atoms with Gasteiger partial charge in [0.15, 0.2) is 5.84 Å². The predicted octanol–water partition coefficient (Wildman–Crippen LogP) is 0.857. The molecule has 0 radical (unpaired) electrons. The second kappa shape index (κ2) is 5.11. The second-order valence-corrected chi connectivity index (χ2v) is 7.22. The molecule has 0 bridgehead atoms. The van der Waals surface area contributed by atoms with Gasteiger partial charge in [0.2, 0.25) is 0 Å². The molecule has 3 heterocycles. The van der Waals surface area contributed by atoms with Crippen LogP contribution < -0.4 is 20.0 Å². The Morgan fingerprint density at radius 1 is 1.42 bits per heavy atom. The summed E-state index contributed by atoms with van der Waals surface area (Å²) in [4.78, 5) is 18.6. The van der Waals surface area contributed by atoms with Crippen molar-refractivity contribution in [2.75, 3.05) is 43.6 Å². The lowest BCUT2D eigenvalue weighted by Gasteiger charge is -2.52. The number of carbonyl (C=O) groups excluding carboxylic acids is 1. The second-order valence-electron chi connectivity index (χ2n) is 7.22. The Morgan fingerprint density at radius 2 is 2.17 bits per heavy atom. The highest BCUT2D eigenvalue weighted by Gasteiger charge is 2.41. The van der Waals surface area contributed by atoms with Gasteiger partial charge in [0.1, 0.15) is 18.4 Å². The average molecular weight is 329 g/mol. The number of ether oxygens (including phenoxy) is 1. The van der Waals surface area contributed by atoms with Crippen LogP contribution in [-0.4, -0.2) is 62.0 Å². The lowest BCUT2D eigenvalue weighted by Crippen LogP contribution is -2.66. The van der Waals surface area contributed by atoms with Crippen molar-refractivity contribution in [2.24, 2.45) is 5.10 Å². The zero-order valence-corrected chi connectivity index (χ0v) is 14.5. The van der Waals surface area contributed by atoms with E-state index in [4.69, 9.17) is 4.74 Å². The number of likely N-dealkylation sites (tertiary alicyclic amines) is 1. The van der Waals surface area contributed by atoms with Gasteiger partial charge in [0, 0.05) is 25.8 Å². The van der Waals surface area contributed by atoms with Crippen LogP contribution in [0.1, 0.15) is 13.8 Å². The Hall–Kier alpha value is -2.28. The van der Waals surface area contributed by atoms with Crippen LogP contribution in [0.15, 0.2) is 23.3 Å². The van der Waals surface area contributed by atoms with Gasteiger partial charge in [-0.3, -0.25) is 4.79 Å². The van der Waals surface area contributed by atoms with Gasteiger partial charge in [0.25, 0.3) is 5.91 Å². The van der Waals surface area contributed by atoms with E-state index >= 15 is 0 Å². The number of nitrogens with one attached hydrogen (secondary N) is 1. The molecule has 1 aromatic carbocycles. The molecule has 7 heteroatoms. The average Bonchev–Trinajstić information content (AvgIpc) is 2.55. The van der Waals surface area contributed by atoms with Gasteiger partial charge in [-0.2, -0.15) is 5.10 Å². The number of fused-ring (bicyclic) bond motifs is 3. The fraction of sp³-hybridized carbons (Fsp3) is 0.529. The van der Waals surface area contributed by atoms with Crippen molar-refractivity contribution < 1.29 is 9.53 Å². The van der Waals surface area contributed by atoms with E-state index in [9.17, 15) is 4.79 Å². The van der Waals surface area contributed by atoms with Gasteiger partial charge >= 0.3 is 0 Å². The highest BCUT2D eigenvalue weighted by atomic mass is 16.5. The Morgan fingerprint density at radius 3 is 2.88 bits per heavy atom. The minimum absolute atomic E-state index is 0.0991. The van der Waals surface area contributed by atoms with E-state index in [0.29, 0.717) is 6.61 Å². The largest absolute Gasteiger partial charge is 0.483 e. The fourth-order valence-electron chi connectivity index (χ4n) is 3.86. The van der Waals surface area contributed by atoms with Crippen molar-refractivity contribution in [2.45, 2.75) is 25.4 Å². The first kappa shape index (κ1) is 15.3. The molecule has 1 aromatic rings. The summed E-state index contributed by atoms with van der Waals surface area (Å²) in [5.41, 5.74) is 4.71. The summed E-state index contributed by atoms with van der Waals surface area (Å²) in [5, 5.41) is 4.14. The van der Waals surface area contributed by atoms with Gasteiger partial charge in [-0.1, -0.05) is 0 Å². The summed E-state index contributed by atoms with van der Waals surface area (Å²) < 4.78 is 5.80. The third kappa shape index (κ3) is 2.15. The SMILES string of the molecule is C[C@@H]1C(=O)NN=C2COc3ccc(N(C)C4(C)CN(C)C4)cc3N21. The van der Waals surface area contributed by atoms with Crippen LogP contribution in [0.25, 0.3) is 0 Å². The first-order valence-electron chi connectivity index (χ1n) is 8.24. The number of rotatable bonds is 2. The van der Waals surface area contributed by atoms with E-state index in [-0.39, 0.29) is 17.5 Å². The van der Waals surface area contributed by atoms with Crippen molar-refractivity contribution in [3.05, 3.63) is 18.2 Å². The summed E-state index contributed by atoms with van der Waals surface area (Å²) in [6.45, 7) is 6.60. The monoisotopic (exact) mass is 329 g/mol. The molecular formula is C17H23N5O2. The van der Waals surface area contributed by atoms with Crippen molar-refractivity contribution in [1.29, 1.82) is 0 Å². The highest BCUT2D eigenvalue weighted by molar-refractivity contribution is 6.09. The maximum absolute atomic E-state index is 12.0. The summed E-state index contributed by atoms with van der Waals surface area (Å²) in [6.07, 6.45) is 0. The van der Waals surface area contributed by atoms with Gasteiger partial charge < -0.3 is 19.4 Å². The highest BCUT2D eigenvalue weighted by Crippen LogP contribution is 2.39. The third-order valence-corrected chi connectivity index (χ3v) is 5.32. The Kier molecular flexibility index (Phi) is 3.25. The molecule has 0 aromatic heterocycles. The Bertz CT molecular complexity index is 726. The molecule has 24 heavy (non-hydrogen) atoms. The molecule has 0 unspecified atom stereocenters. The molecule has 7 nitrogen and oxygen atoms in total. The molecule has 1 saturated heterocycles. The summed E-state index contributed by atoms with van der Waals surface area (Å²) in [5.74, 6) is 1.44. The zero-order valence-electron chi connectivity index (χ0n) is 14.5. The van der Waals surface area contributed by atoms with Gasteiger partial charge in [-0.15, -0.1) is 0 Å². The normalized spacial score (nSPS) is 24.8. The molecule has 1 atom stereocenters. The third-order valence-electron chi connectivity index (χ3n) is 5.32. The molecule has 4 rings (SSSR count). The maximum Gasteiger partial charge on any atom is 0.262 e. The lowest BCUT2D eigenvalue weighted by atomic mass is 9.90. The number of benzene rings is 1. The van der Waals surface area contributed by atoms with Crippen LogP contribution in [0, 0.1) is 0 Å². The minimum Gasteiger partial charge on any atom is -0.483 e. The topological polar surface area (TPSA) is 60.4 Å². The van der Waals surface area contributed by atoms with Gasteiger partial charge in [-0.25, -0.2) is 5.43 Å². The van der Waals surface area contributed by atoms with Crippen molar-refractivity contribution in [3.8, 4) is 5.75 Å². The van der Waals surface area contributed by atoms with E-state index in [2.05, 4.69) is 53.5 Å². The number of hydrogen-bond acceptors (Lipinski definition) is 6. The van der Waals surface area contributed by atoms with E-state index in [1.54, 1.807) is 0 Å². The zero-order chi connectivity index (χ0) is 17.1. The van der Waals surface area contributed by atoms with E-state index in [1.807, 2.05) is 17.9 Å². The van der Waals surface area contributed by atoms with Crippen LogP contribution in [0.2, 0.25) is 0 Å². The molecule has 3 aliphatic heterocycles. The molecule has 0 spiro atoms. The van der Waals surface area contributed by atoms with Crippen molar-refractivity contribution in [3.63, 3.8) is 0 Å². The molecule has 128 valence electrons. The fourth-order valence-corrected chi connectivity index (χ4v) is 3.86. The number of likely N-dealkylation sites (N-methyl/N-ethyl adjacent to an activating group) is 2. The van der Waals surface area contributed by atoms with Crippen LogP contribution in [0.5, 0.6) is 5.75 Å². The van der Waals surface area contributed by atoms with E-state index in [1.165, 1.54) is 0 Å². The molecule has 1 N–H and O–H groups in total.